The monoisotopic (exact) mass is 519 g/mol. The molecular formula is C30H37N3O5. The highest BCUT2D eigenvalue weighted by atomic mass is 16.5. The second kappa shape index (κ2) is 10.8. The summed E-state index contributed by atoms with van der Waals surface area (Å²) >= 11 is 0. The Morgan fingerprint density at radius 3 is 2.50 bits per heavy atom. The van der Waals surface area contributed by atoms with E-state index < -0.39 is 11.9 Å². The van der Waals surface area contributed by atoms with E-state index in [1.165, 1.54) is 12.7 Å². The number of methoxy groups -OCH3 is 1. The number of hydrogen-bond donors (Lipinski definition) is 1. The Morgan fingerprint density at radius 1 is 1.13 bits per heavy atom. The van der Waals surface area contributed by atoms with E-state index in [1.807, 2.05) is 43.3 Å². The van der Waals surface area contributed by atoms with E-state index in [0.717, 1.165) is 66.0 Å². The van der Waals surface area contributed by atoms with Crippen LogP contribution in [0.25, 0.3) is 11.0 Å². The van der Waals surface area contributed by atoms with Gasteiger partial charge in [0, 0.05) is 24.6 Å². The highest BCUT2D eigenvalue weighted by Gasteiger charge is 2.33. The molecule has 0 spiro atoms. The first-order valence-corrected chi connectivity index (χ1v) is 13.6. The number of rotatable bonds is 6. The first-order chi connectivity index (χ1) is 18.3. The van der Waals surface area contributed by atoms with Crippen molar-refractivity contribution in [3.63, 3.8) is 0 Å². The molecule has 0 aliphatic carbocycles. The van der Waals surface area contributed by atoms with Crippen LogP contribution in [0.15, 0.2) is 36.4 Å². The largest absolute Gasteiger partial charge is 0.481 e. The summed E-state index contributed by atoms with van der Waals surface area (Å²) in [5.41, 5.74) is 5.58. The molecule has 0 bridgehead atoms. The summed E-state index contributed by atoms with van der Waals surface area (Å²) in [7, 11) is 1.40. The molecule has 0 saturated carbocycles. The van der Waals surface area contributed by atoms with Crippen molar-refractivity contribution in [2.24, 2.45) is 0 Å². The van der Waals surface area contributed by atoms with E-state index in [0.29, 0.717) is 12.5 Å². The Morgan fingerprint density at radius 2 is 1.87 bits per heavy atom. The lowest BCUT2D eigenvalue weighted by Crippen LogP contribution is -2.42. The normalized spacial score (nSPS) is 20.4. The van der Waals surface area contributed by atoms with Crippen LogP contribution in [0, 0.1) is 0 Å². The number of imidazole rings is 1. The number of anilines is 1. The fourth-order valence-corrected chi connectivity index (χ4v) is 5.95. The summed E-state index contributed by atoms with van der Waals surface area (Å²) in [6.07, 6.45) is 3.37. The standard InChI is InChI=1S/C30H37N3O5/c1-18(2)20-8-10-21(11-9-20)24(29(34)35)16-27-31-28-23-12-7-19(3)32(30(36)37-4)25(23)13-14-26(28)33(27)22-6-5-15-38-17-22/h8-11,13-14,18-19,22,24H,5-7,12,15-17H2,1-4H3,(H,34,35)/t19-,22-,24+/m0/s1. The average Bonchev–Trinajstić information content (AvgIpc) is 3.30. The molecule has 1 N–H and O–H groups in total. The lowest BCUT2D eigenvalue weighted by molar-refractivity contribution is -0.138. The number of benzene rings is 2. The Kier molecular flexibility index (Phi) is 7.43. The molecule has 1 fully saturated rings. The number of hydrogen-bond acceptors (Lipinski definition) is 5. The second-order valence-corrected chi connectivity index (χ2v) is 10.8. The van der Waals surface area contributed by atoms with Gasteiger partial charge in [-0.3, -0.25) is 9.69 Å². The lowest BCUT2D eigenvalue weighted by Gasteiger charge is -2.34. The maximum atomic E-state index is 12.6. The number of fused-ring (bicyclic) bond motifs is 3. The zero-order valence-corrected chi connectivity index (χ0v) is 22.6. The van der Waals surface area contributed by atoms with E-state index in [4.69, 9.17) is 14.5 Å². The van der Waals surface area contributed by atoms with Gasteiger partial charge >= 0.3 is 12.1 Å². The second-order valence-electron chi connectivity index (χ2n) is 10.8. The number of aromatic nitrogens is 2. The molecule has 5 rings (SSSR count). The molecule has 2 aliphatic heterocycles. The molecule has 3 atom stereocenters. The molecule has 0 radical (unpaired) electrons. The maximum Gasteiger partial charge on any atom is 0.414 e. The van der Waals surface area contributed by atoms with Crippen LogP contribution >= 0.6 is 0 Å². The summed E-state index contributed by atoms with van der Waals surface area (Å²) in [5.74, 6) is -0.471. The minimum absolute atomic E-state index is 0.0194. The summed E-state index contributed by atoms with van der Waals surface area (Å²) in [6, 6.07) is 12.0. The van der Waals surface area contributed by atoms with Crippen molar-refractivity contribution >= 4 is 28.8 Å². The number of carboxylic acids is 1. The molecule has 1 amide bonds. The highest BCUT2D eigenvalue weighted by Crippen LogP contribution is 2.39. The first kappa shape index (κ1) is 26.2. The van der Waals surface area contributed by atoms with Crippen LogP contribution in [-0.4, -0.2) is 53.1 Å². The maximum absolute atomic E-state index is 12.6. The molecule has 1 saturated heterocycles. The zero-order chi connectivity index (χ0) is 27.0. The van der Waals surface area contributed by atoms with Crippen molar-refractivity contribution in [1.82, 2.24) is 9.55 Å². The highest BCUT2D eigenvalue weighted by molar-refractivity contribution is 5.95. The van der Waals surface area contributed by atoms with Crippen LogP contribution in [-0.2, 0) is 27.1 Å². The van der Waals surface area contributed by atoms with Gasteiger partial charge in [0.2, 0.25) is 0 Å². The average molecular weight is 520 g/mol. The van der Waals surface area contributed by atoms with Crippen LogP contribution in [0.4, 0.5) is 10.5 Å². The summed E-state index contributed by atoms with van der Waals surface area (Å²) in [6.45, 7) is 7.58. The fourth-order valence-electron chi connectivity index (χ4n) is 5.95. The minimum atomic E-state index is -0.867. The smallest absolute Gasteiger partial charge is 0.414 e. The Labute approximate surface area is 223 Å². The van der Waals surface area contributed by atoms with E-state index in [9.17, 15) is 14.7 Å². The zero-order valence-electron chi connectivity index (χ0n) is 22.6. The molecule has 1 aromatic heterocycles. The topological polar surface area (TPSA) is 93.9 Å². The number of nitrogens with zero attached hydrogens (tertiary/aromatic N) is 3. The predicted octanol–water partition coefficient (Wildman–Crippen LogP) is 5.83. The Balaban J connectivity index is 1.62. The molecule has 3 aromatic rings. The fraction of sp³-hybridized carbons (Fsp3) is 0.500. The van der Waals surface area contributed by atoms with Gasteiger partial charge in [-0.2, -0.15) is 0 Å². The van der Waals surface area contributed by atoms with Crippen LogP contribution in [0.2, 0.25) is 0 Å². The number of carbonyl (C=O) groups excluding carboxylic acids is 1. The summed E-state index contributed by atoms with van der Waals surface area (Å²) in [4.78, 5) is 32.0. The third-order valence-electron chi connectivity index (χ3n) is 8.09. The van der Waals surface area contributed by atoms with E-state index >= 15 is 0 Å². The van der Waals surface area contributed by atoms with Crippen molar-refractivity contribution in [2.45, 2.75) is 76.8 Å². The van der Waals surface area contributed by atoms with Crippen molar-refractivity contribution in [3.8, 4) is 0 Å². The van der Waals surface area contributed by atoms with Gasteiger partial charge in [-0.1, -0.05) is 38.1 Å². The van der Waals surface area contributed by atoms with Gasteiger partial charge in [-0.05, 0) is 61.8 Å². The van der Waals surface area contributed by atoms with Crippen molar-refractivity contribution in [3.05, 3.63) is 58.9 Å². The van der Waals surface area contributed by atoms with Crippen molar-refractivity contribution in [2.75, 3.05) is 25.2 Å². The molecular weight excluding hydrogens is 482 g/mol. The number of ether oxygens (including phenoxy) is 2. The van der Waals surface area contributed by atoms with Gasteiger partial charge < -0.3 is 19.1 Å². The van der Waals surface area contributed by atoms with Crippen molar-refractivity contribution in [1.29, 1.82) is 0 Å². The number of aryl methyl sites for hydroxylation is 1. The number of carbonyl (C=O) groups is 2. The Hall–Kier alpha value is -3.39. The van der Waals surface area contributed by atoms with E-state index in [-0.39, 0.29) is 24.6 Å². The van der Waals surface area contributed by atoms with Gasteiger partial charge in [-0.25, -0.2) is 9.78 Å². The van der Waals surface area contributed by atoms with Crippen LogP contribution in [0.5, 0.6) is 0 Å². The summed E-state index contributed by atoms with van der Waals surface area (Å²) in [5, 5.41) is 10.3. The molecule has 8 nitrogen and oxygen atoms in total. The lowest BCUT2D eigenvalue weighted by atomic mass is 9.92. The SMILES string of the molecule is COC(=O)N1c2ccc3c(nc(C[C@@H](C(=O)O)c4ccc(C(C)C)cc4)n3[C@H]3CCCOC3)c2CC[C@@H]1C. The van der Waals surface area contributed by atoms with E-state index in [2.05, 4.69) is 18.4 Å². The van der Waals surface area contributed by atoms with Gasteiger partial charge in [0.25, 0.3) is 0 Å². The van der Waals surface area contributed by atoms with Crippen LogP contribution in [0.3, 0.4) is 0 Å². The minimum Gasteiger partial charge on any atom is -0.481 e. The number of carboxylic acid groups (broad SMARTS) is 1. The molecule has 8 heteroatoms. The third kappa shape index (κ3) is 4.77. The third-order valence-corrected chi connectivity index (χ3v) is 8.09. The quantitative estimate of drug-likeness (QED) is 0.440. The van der Waals surface area contributed by atoms with Gasteiger partial charge in [0.05, 0.1) is 42.4 Å². The van der Waals surface area contributed by atoms with Crippen molar-refractivity contribution < 1.29 is 24.2 Å². The molecule has 2 aliphatic rings. The number of aliphatic carboxylic acids is 1. The molecule has 38 heavy (non-hydrogen) atoms. The number of amides is 1. The van der Waals surface area contributed by atoms with Gasteiger partial charge in [0.15, 0.2) is 0 Å². The van der Waals surface area contributed by atoms with Crippen LogP contribution in [0.1, 0.15) is 80.4 Å². The predicted molar refractivity (Wildman–Crippen MR) is 146 cm³/mol. The summed E-state index contributed by atoms with van der Waals surface area (Å²) < 4.78 is 13.1. The van der Waals surface area contributed by atoms with E-state index in [1.54, 1.807) is 4.90 Å². The Bertz CT molecular complexity index is 1320. The van der Waals surface area contributed by atoms with Crippen LogP contribution < -0.4 is 4.90 Å². The van der Waals surface area contributed by atoms with Gasteiger partial charge in [-0.15, -0.1) is 0 Å². The molecule has 2 aromatic carbocycles. The van der Waals surface area contributed by atoms with Gasteiger partial charge in [0.1, 0.15) is 5.82 Å². The first-order valence-electron chi connectivity index (χ1n) is 13.6. The molecule has 202 valence electrons. The molecule has 3 heterocycles. The molecule has 0 unspecified atom stereocenters.